The molecule has 0 aliphatic heterocycles. The maximum atomic E-state index is 12.5. The zero-order chi connectivity index (χ0) is 22.4. The van der Waals surface area contributed by atoms with Crippen molar-refractivity contribution in [1.82, 2.24) is 9.13 Å². The fraction of sp³-hybridized carbons (Fsp3) is 0.182. The van der Waals surface area contributed by atoms with Crippen LogP contribution < -0.4 is 26.5 Å². The zero-order valence-corrected chi connectivity index (χ0v) is 17.1. The van der Waals surface area contributed by atoms with Crippen molar-refractivity contribution in [2.45, 2.75) is 20.4 Å². The first-order valence-corrected chi connectivity index (χ1v) is 9.60. The predicted octanol–water partition coefficient (Wildman–Crippen LogP) is 1.99. The quantitative estimate of drug-likeness (QED) is 0.566. The van der Waals surface area contributed by atoms with E-state index in [-0.39, 0.29) is 12.5 Å². The molecule has 9 nitrogen and oxygen atoms in total. The SMILES string of the molecule is CCOc1ccc(-n2ccn(CC(=O)Nc3ccc(NC(C)=O)cc3)c(=O)c2=O)cc1. The molecule has 2 amide bonds. The Balaban J connectivity index is 1.71. The Labute approximate surface area is 177 Å². The van der Waals surface area contributed by atoms with Crippen molar-refractivity contribution in [3.63, 3.8) is 0 Å². The van der Waals surface area contributed by atoms with E-state index in [0.29, 0.717) is 29.4 Å². The first kappa shape index (κ1) is 21.6. The third-order valence-electron chi connectivity index (χ3n) is 4.29. The molecule has 9 heteroatoms. The number of hydrogen-bond donors (Lipinski definition) is 2. The molecule has 3 aromatic rings. The zero-order valence-electron chi connectivity index (χ0n) is 17.1. The van der Waals surface area contributed by atoms with Crippen molar-refractivity contribution in [2.75, 3.05) is 17.2 Å². The first-order chi connectivity index (χ1) is 14.9. The average molecular weight is 422 g/mol. The van der Waals surface area contributed by atoms with Crippen LogP contribution in [0.1, 0.15) is 13.8 Å². The summed E-state index contributed by atoms with van der Waals surface area (Å²) in [6, 6.07) is 13.3. The normalized spacial score (nSPS) is 10.4. The van der Waals surface area contributed by atoms with Crippen LogP contribution >= 0.6 is 0 Å². The Morgan fingerprint density at radius 3 is 2.06 bits per heavy atom. The van der Waals surface area contributed by atoms with Gasteiger partial charge in [-0.1, -0.05) is 0 Å². The number of rotatable bonds is 7. The molecular formula is C22H22N4O5. The van der Waals surface area contributed by atoms with Crippen LogP contribution in [-0.2, 0) is 16.1 Å². The topological polar surface area (TPSA) is 111 Å². The van der Waals surface area contributed by atoms with Crippen molar-refractivity contribution in [1.29, 1.82) is 0 Å². The molecule has 3 rings (SSSR count). The van der Waals surface area contributed by atoms with Crippen LogP contribution in [0, 0.1) is 0 Å². The summed E-state index contributed by atoms with van der Waals surface area (Å²) in [5.41, 5.74) is 0.0302. The summed E-state index contributed by atoms with van der Waals surface area (Å²) in [5.74, 6) is -0.00172. The molecule has 0 unspecified atom stereocenters. The smallest absolute Gasteiger partial charge is 0.320 e. The Kier molecular flexibility index (Phi) is 6.66. The van der Waals surface area contributed by atoms with E-state index in [0.717, 1.165) is 4.57 Å². The number of hydrogen-bond acceptors (Lipinski definition) is 5. The molecule has 0 bridgehead atoms. The monoisotopic (exact) mass is 422 g/mol. The van der Waals surface area contributed by atoms with Gasteiger partial charge in [-0.2, -0.15) is 0 Å². The van der Waals surface area contributed by atoms with E-state index in [4.69, 9.17) is 4.74 Å². The van der Waals surface area contributed by atoms with Gasteiger partial charge in [0, 0.05) is 36.4 Å². The second-order valence-electron chi connectivity index (χ2n) is 6.64. The second kappa shape index (κ2) is 9.57. The van der Waals surface area contributed by atoms with Crippen LogP contribution in [0.15, 0.2) is 70.5 Å². The van der Waals surface area contributed by atoms with Gasteiger partial charge in [-0.3, -0.25) is 28.3 Å². The van der Waals surface area contributed by atoms with E-state index in [1.165, 1.54) is 23.9 Å². The molecule has 0 fully saturated rings. The number of aromatic nitrogens is 2. The van der Waals surface area contributed by atoms with Gasteiger partial charge in [0.1, 0.15) is 12.3 Å². The number of carbonyl (C=O) groups excluding carboxylic acids is 2. The molecule has 1 heterocycles. The Hall–Kier alpha value is -4.14. The lowest BCUT2D eigenvalue weighted by Gasteiger charge is -2.11. The van der Waals surface area contributed by atoms with Gasteiger partial charge < -0.3 is 15.4 Å². The van der Waals surface area contributed by atoms with Crippen molar-refractivity contribution in [3.8, 4) is 11.4 Å². The van der Waals surface area contributed by atoms with Crippen LogP contribution in [0.5, 0.6) is 5.75 Å². The summed E-state index contributed by atoms with van der Waals surface area (Å²) in [6.45, 7) is 3.48. The van der Waals surface area contributed by atoms with Gasteiger partial charge in [0.2, 0.25) is 11.8 Å². The molecule has 2 aromatic carbocycles. The average Bonchev–Trinajstić information content (AvgIpc) is 2.74. The summed E-state index contributed by atoms with van der Waals surface area (Å²) in [7, 11) is 0. The lowest BCUT2D eigenvalue weighted by molar-refractivity contribution is -0.117. The van der Waals surface area contributed by atoms with E-state index < -0.39 is 17.0 Å². The van der Waals surface area contributed by atoms with E-state index in [9.17, 15) is 19.2 Å². The fourth-order valence-corrected chi connectivity index (χ4v) is 2.90. The third-order valence-corrected chi connectivity index (χ3v) is 4.29. The summed E-state index contributed by atoms with van der Waals surface area (Å²) in [6.07, 6.45) is 2.83. The van der Waals surface area contributed by atoms with Gasteiger partial charge in [0.25, 0.3) is 0 Å². The number of carbonyl (C=O) groups is 2. The largest absolute Gasteiger partial charge is 0.494 e. The van der Waals surface area contributed by atoms with E-state index in [1.807, 2.05) is 6.92 Å². The maximum absolute atomic E-state index is 12.5. The predicted molar refractivity (Wildman–Crippen MR) is 117 cm³/mol. The van der Waals surface area contributed by atoms with E-state index in [2.05, 4.69) is 10.6 Å². The number of anilines is 2. The van der Waals surface area contributed by atoms with E-state index >= 15 is 0 Å². The molecule has 0 saturated carbocycles. The van der Waals surface area contributed by atoms with Gasteiger partial charge in [0.15, 0.2) is 0 Å². The molecule has 0 radical (unpaired) electrons. The van der Waals surface area contributed by atoms with Crippen LogP contribution in [0.4, 0.5) is 11.4 Å². The number of amides is 2. The first-order valence-electron chi connectivity index (χ1n) is 9.60. The molecule has 0 saturated heterocycles. The molecule has 31 heavy (non-hydrogen) atoms. The van der Waals surface area contributed by atoms with Crippen molar-refractivity contribution in [3.05, 3.63) is 81.6 Å². The highest BCUT2D eigenvalue weighted by Gasteiger charge is 2.10. The minimum Gasteiger partial charge on any atom is -0.494 e. The van der Waals surface area contributed by atoms with E-state index in [1.54, 1.807) is 48.5 Å². The molecule has 2 N–H and O–H groups in total. The van der Waals surface area contributed by atoms with Crippen LogP contribution in [0.3, 0.4) is 0 Å². The number of nitrogens with zero attached hydrogens (tertiary/aromatic N) is 2. The number of nitrogens with one attached hydrogen (secondary N) is 2. The van der Waals surface area contributed by atoms with Gasteiger partial charge in [-0.05, 0) is 55.5 Å². The van der Waals surface area contributed by atoms with Gasteiger partial charge in [-0.15, -0.1) is 0 Å². The summed E-state index contributed by atoms with van der Waals surface area (Å²) in [5, 5.41) is 5.27. The second-order valence-corrected chi connectivity index (χ2v) is 6.64. The van der Waals surface area contributed by atoms with Crippen molar-refractivity contribution >= 4 is 23.2 Å². The highest BCUT2D eigenvalue weighted by atomic mass is 16.5. The highest BCUT2D eigenvalue weighted by molar-refractivity contribution is 5.92. The summed E-state index contributed by atoms with van der Waals surface area (Å²) < 4.78 is 7.64. The summed E-state index contributed by atoms with van der Waals surface area (Å²) >= 11 is 0. The van der Waals surface area contributed by atoms with Gasteiger partial charge in [-0.25, -0.2) is 0 Å². The lowest BCUT2D eigenvalue weighted by Crippen LogP contribution is -2.41. The third kappa shape index (κ3) is 5.47. The number of benzene rings is 2. The Morgan fingerprint density at radius 2 is 1.48 bits per heavy atom. The van der Waals surface area contributed by atoms with Crippen LogP contribution in [0.2, 0.25) is 0 Å². The molecule has 0 aliphatic carbocycles. The molecule has 160 valence electrons. The number of ether oxygens (including phenoxy) is 1. The van der Waals surface area contributed by atoms with Crippen LogP contribution in [0.25, 0.3) is 5.69 Å². The summed E-state index contributed by atoms with van der Waals surface area (Å²) in [4.78, 5) is 48.3. The standard InChI is InChI=1S/C22H22N4O5/c1-3-31-19-10-8-18(9-11-19)26-13-12-25(21(29)22(26)30)14-20(28)24-17-6-4-16(5-7-17)23-15(2)27/h4-13H,3,14H2,1-2H3,(H,23,27)(H,24,28). The lowest BCUT2D eigenvalue weighted by atomic mass is 10.2. The van der Waals surface area contributed by atoms with Crippen LogP contribution in [-0.4, -0.2) is 27.6 Å². The minimum absolute atomic E-state index is 0.198. The maximum Gasteiger partial charge on any atom is 0.320 e. The highest BCUT2D eigenvalue weighted by Crippen LogP contribution is 2.14. The van der Waals surface area contributed by atoms with Gasteiger partial charge in [0.05, 0.1) is 6.61 Å². The fourth-order valence-electron chi connectivity index (χ4n) is 2.90. The Morgan fingerprint density at radius 1 is 0.871 bits per heavy atom. The molecule has 0 atom stereocenters. The molecule has 0 spiro atoms. The Bertz CT molecular complexity index is 1190. The van der Waals surface area contributed by atoms with Crippen molar-refractivity contribution < 1.29 is 14.3 Å². The molecular weight excluding hydrogens is 400 g/mol. The van der Waals surface area contributed by atoms with Gasteiger partial charge >= 0.3 is 11.1 Å². The molecule has 0 aliphatic rings. The molecule has 1 aromatic heterocycles. The minimum atomic E-state index is -0.812. The van der Waals surface area contributed by atoms with Crippen molar-refractivity contribution in [2.24, 2.45) is 0 Å².